The SMILES string of the molecule is CCCC(NC(=O)C1CN(Cc2cccc(Br)c2)C(=O)N1C(=O)C(NC(=O)OC(C)(C)C)C1CCCCC1)C(=O)C(=O)NCC(=O)O[C@H](C(=O)OCc1ccccc1)c1ccccc1. The lowest BCUT2D eigenvalue weighted by atomic mass is 9.83. The average molecular weight is 947 g/mol. The number of alkyl carbamates (subject to hydrolysis) is 1. The predicted octanol–water partition coefficient (Wildman–Crippen LogP) is 6.05. The van der Waals surface area contributed by atoms with E-state index >= 15 is 0 Å². The van der Waals surface area contributed by atoms with Gasteiger partial charge in [-0.25, -0.2) is 19.3 Å². The molecule has 0 spiro atoms. The Bertz CT molecular complexity index is 2140. The van der Waals surface area contributed by atoms with Crippen LogP contribution < -0.4 is 16.0 Å². The molecule has 0 radical (unpaired) electrons. The maximum absolute atomic E-state index is 14.7. The first-order valence-electron chi connectivity index (χ1n) is 21.5. The number of esters is 2. The molecule has 4 atom stereocenters. The van der Waals surface area contributed by atoms with Gasteiger partial charge in [-0.15, -0.1) is 0 Å². The highest BCUT2D eigenvalue weighted by Crippen LogP contribution is 2.30. The number of benzene rings is 3. The number of nitrogens with one attached hydrogen (secondary N) is 3. The van der Waals surface area contributed by atoms with E-state index < -0.39 is 83.9 Å². The number of carbonyl (C=O) groups is 8. The molecule has 342 valence electrons. The Kier molecular flexibility index (Phi) is 17.6. The Hall–Kier alpha value is -6.10. The van der Waals surface area contributed by atoms with Crippen LogP contribution in [0, 0.1) is 5.92 Å². The van der Waals surface area contributed by atoms with Crippen molar-refractivity contribution >= 4 is 63.5 Å². The van der Waals surface area contributed by atoms with Crippen molar-refractivity contribution in [3.63, 3.8) is 0 Å². The van der Waals surface area contributed by atoms with E-state index in [4.69, 9.17) is 14.2 Å². The highest BCUT2D eigenvalue weighted by atomic mass is 79.9. The van der Waals surface area contributed by atoms with Crippen molar-refractivity contribution in [2.45, 2.75) is 116 Å². The molecule has 3 unspecified atom stereocenters. The van der Waals surface area contributed by atoms with Gasteiger partial charge in [0.05, 0.1) is 12.6 Å². The molecule has 16 nitrogen and oxygen atoms in total. The number of hydrogen-bond donors (Lipinski definition) is 3. The van der Waals surface area contributed by atoms with Crippen molar-refractivity contribution in [3.8, 4) is 0 Å². The normalized spacial score (nSPS) is 16.8. The van der Waals surface area contributed by atoms with Crippen LogP contribution in [0.15, 0.2) is 89.4 Å². The number of ether oxygens (including phenoxy) is 3. The molecule has 6 amide bonds. The third kappa shape index (κ3) is 13.9. The van der Waals surface area contributed by atoms with Crippen molar-refractivity contribution in [1.82, 2.24) is 25.8 Å². The summed E-state index contributed by atoms with van der Waals surface area (Å²) in [5, 5.41) is 7.52. The first-order chi connectivity index (χ1) is 30.5. The van der Waals surface area contributed by atoms with Crippen LogP contribution in [0.25, 0.3) is 0 Å². The first kappa shape index (κ1) is 48.9. The van der Waals surface area contributed by atoms with Gasteiger partial charge in [0, 0.05) is 16.6 Å². The number of imide groups is 1. The predicted molar refractivity (Wildman–Crippen MR) is 237 cm³/mol. The summed E-state index contributed by atoms with van der Waals surface area (Å²) in [6, 6.07) is 19.4. The van der Waals surface area contributed by atoms with Crippen molar-refractivity contribution in [1.29, 1.82) is 0 Å². The second-order valence-electron chi connectivity index (χ2n) is 16.8. The molecule has 3 aromatic carbocycles. The van der Waals surface area contributed by atoms with Gasteiger partial charge >= 0.3 is 24.1 Å². The molecule has 1 saturated carbocycles. The van der Waals surface area contributed by atoms with Gasteiger partial charge in [0.25, 0.3) is 11.8 Å². The summed E-state index contributed by atoms with van der Waals surface area (Å²) in [6.07, 6.45) is 1.72. The van der Waals surface area contributed by atoms with E-state index in [0.29, 0.717) is 36.0 Å². The minimum absolute atomic E-state index is 0.00690. The van der Waals surface area contributed by atoms with Gasteiger partial charge in [0.1, 0.15) is 30.8 Å². The Morgan fingerprint density at radius 2 is 1.50 bits per heavy atom. The van der Waals surface area contributed by atoms with Gasteiger partial charge in [-0.05, 0) is 69.2 Å². The molecule has 1 heterocycles. The van der Waals surface area contributed by atoms with Gasteiger partial charge in [-0.3, -0.25) is 24.0 Å². The lowest BCUT2D eigenvalue weighted by Crippen LogP contribution is -2.59. The number of urea groups is 1. The molecule has 2 fully saturated rings. The van der Waals surface area contributed by atoms with Crippen molar-refractivity contribution < 1.29 is 52.6 Å². The number of rotatable bonds is 18. The maximum Gasteiger partial charge on any atom is 0.408 e. The zero-order valence-corrected chi connectivity index (χ0v) is 38.1. The summed E-state index contributed by atoms with van der Waals surface area (Å²) >= 11 is 3.44. The fraction of sp³-hybridized carbons (Fsp3) is 0.447. The average Bonchev–Trinajstić information content (AvgIpc) is 3.60. The van der Waals surface area contributed by atoms with E-state index in [9.17, 15) is 38.4 Å². The second kappa shape index (κ2) is 23.0. The van der Waals surface area contributed by atoms with Crippen LogP contribution in [0.3, 0.4) is 0 Å². The molecule has 0 bridgehead atoms. The largest absolute Gasteiger partial charge is 0.458 e. The molecular weight excluding hydrogens is 890 g/mol. The molecular formula is C47H56BrN5O11. The third-order valence-electron chi connectivity index (χ3n) is 10.7. The lowest BCUT2D eigenvalue weighted by Gasteiger charge is -2.34. The Balaban J connectivity index is 1.30. The molecule has 1 aliphatic carbocycles. The molecule has 64 heavy (non-hydrogen) atoms. The van der Waals surface area contributed by atoms with Crippen LogP contribution in [-0.2, 0) is 56.1 Å². The van der Waals surface area contributed by atoms with Crippen molar-refractivity contribution in [2.75, 3.05) is 13.1 Å². The van der Waals surface area contributed by atoms with E-state index in [-0.39, 0.29) is 32.0 Å². The van der Waals surface area contributed by atoms with E-state index in [1.165, 1.54) is 4.90 Å². The Labute approximate surface area is 381 Å². The van der Waals surface area contributed by atoms with Crippen LogP contribution >= 0.6 is 15.9 Å². The summed E-state index contributed by atoms with van der Waals surface area (Å²) in [7, 11) is 0. The van der Waals surface area contributed by atoms with E-state index in [0.717, 1.165) is 28.6 Å². The van der Waals surface area contributed by atoms with E-state index in [1.54, 1.807) is 100 Å². The van der Waals surface area contributed by atoms with Crippen LogP contribution in [0.4, 0.5) is 9.59 Å². The fourth-order valence-electron chi connectivity index (χ4n) is 7.60. The van der Waals surface area contributed by atoms with Gasteiger partial charge in [-0.2, -0.15) is 0 Å². The summed E-state index contributed by atoms with van der Waals surface area (Å²) in [5.74, 6) is -6.23. The number of nitrogens with zero attached hydrogens (tertiary/aromatic N) is 2. The number of ketones is 1. The maximum atomic E-state index is 14.7. The highest BCUT2D eigenvalue weighted by molar-refractivity contribution is 9.10. The second-order valence-corrected chi connectivity index (χ2v) is 17.7. The monoisotopic (exact) mass is 945 g/mol. The lowest BCUT2D eigenvalue weighted by molar-refractivity contribution is -0.169. The number of amides is 6. The summed E-state index contributed by atoms with van der Waals surface area (Å²) in [6.45, 7) is 5.68. The Morgan fingerprint density at radius 3 is 2.14 bits per heavy atom. The topological polar surface area (TPSA) is 207 Å². The van der Waals surface area contributed by atoms with Gasteiger partial charge in [0.15, 0.2) is 0 Å². The number of carbonyl (C=O) groups excluding carboxylic acids is 8. The van der Waals surface area contributed by atoms with E-state index in [1.807, 2.05) is 12.1 Å². The molecule has 5 rings (SSSR count). The van der Waals surface area contributed by atoms with Crippen LogP contribution in [-0.4, -0.2) is 94.2 Å². The molecule has 1 aliphatic heterocycles. The quantitative estimate of drug-likeness (QED) is 0.0760. The zero-order chi connectivity index (χ0) is 46.4. The van der Waals surface area contributed by atoms with Crippen LogP contribution in [0.2, 0.25) is 0 Å². The zero-order valence-electron chi connectivity index (χ0n) is 36.5. The minimum Gasteiger partial charge on any atom is -0.458 e. The highest BCUT2D eigenvalue weighted by Gasteiger charge is 2.49. The Morgan fingerprint density at radius 1 is 0.844 bits per heavy atom. The number of hydrogen-bond acceptors (Lipinski definition) is 11. The van der Waals surface area contributed by atoms with Crippen LogP contribution in [0.1, 0.15) is 95.4 Å². The fourth-order valence-corrected chi connectivity index (χ4v) is 8.05. The summed E-state index contributed by atoms with van der Waals surface area (Å²) in [5.41, 5.74) is 0.858. The summed E-state index contributed by atoms with van der Waals surface area (Å²) < 4.78 is 17.1. The first-order valence-corrected chi connectivity index (χ1v) is 22.3. The van der Waals surface area contributed by atoms with Crippen molar-refractivity contribution in [3.05, 3.63) is 106 Å². The number of halogens is 1. The van der Waals surface area contributed by atoms with Gasteiger partial charge < -0.3 is 35.1 Å². The molecule has 0 aromatic heterocycles. The molecule has 17 heteroatoms. The van der Waals surface area contributed by atoms with Crippen LogP contribution in [0.5, 0.6) is 0 Å². The molecule has 1 saturated heterocycles. The summed E-state index contributed by atoms with van der Waals surface area (Å²) in [4.78, 5) is 112. The standard InChI is InChI=1S/C47H56BrN5O11/c1-5-16-35(39(55)42(57)49-26-37(54)63-40(33-22-13-8-14-23-33)44(59)62-29-30-17-9-6-10-18-30)50-41(56)36-28-52(27-31-19-15-24-34(48)25-31)46(61)53(36)43(58)38(32-20-11-7-12-21-32)51-45(60)64-47(2,3)4/h6,8-10,13-15,17-19,22-25,32,35-36,38,40H,5,7,11-12,16,20-21,26-29H2,1-4H3,(H,49,57)(H,50,56)(H,51,60)/t35?,36?,38?,40-/m0/s1. The van der Waals surface area contributed by atoms with E-state index in [2.05, 4.69) is 31.9 Å². The molecule has 3 N–H and O–H groups in total. The molecule has 3 aromatic rings. The van der Waals surface area contributed by atoms with Gasteiger partial charge in [0.2, 0.25) is 17.8 Å². The van der Waals surface area contributed by atoms with Crippen molar-refractivity contribution in [2.24, 2.45) is 5.92 Å². The smallest absolute Gasteiger partial charge is 0.408 e. The molecule has 2 aliphatic rings. The number of Topliss-reactive ketones (excluding diaryl/α,β-unsaturated/α-hetero) is 1. The minimum atomic E-state index is -1.48. The third-order valence-corrected chi connectivity index (χ3v) is 11.2. The van der Waals surface area contributed by atoms with Gasteiger partial charge in [-0.1, -0.05) is 121 Å².